The van der Waals surface area contributed by atoms with Crippen LogP contribution in [-0.2, 0) is 22.3 Å². The van der Waals surface area contributed by atoms with Crippen molar-refractivity contribution in [3.63, 3.8) is 0 Å². The predicted molar refractivity (Wildman–Crippen MR) is 104 cm³/mol. The molecule has 1 amide bonds. The lowest BCUT2D eigenvalue weighted by molar-refractivity contribution is 0.0641. The van der Waals surface area contributed by atoms with Crippen LogP contribution < -0.4 is 5.32 Å². The third kappa shape index (κ3) is 5.34. The molecule has 2 atom stereocenters. The van der Waals surface area contributed by atoms with Crippen molar-refractivity contribution in [3.8, 4) is 0 Å². The third-order valence-electron chi connectivity index (χ3n) is 5.36. The molecule has 0 unspecified atom stereocenters. The molecule has 3 rings (SSSR count). The van der Waals surface area contributed by atoms with E-state index >= 15 is 0 Å². The zero-order valence-corrected chi connectivity index (χ0v) is 15.8. The van der Waals surface area contributed by atoms with Crippen LogP contribution in [0.15, 0.2) is 30.4 Å². The average molecular weight is 357 g/mol. The Morgan fingerprint density at radius 2 is 2.19 bits per heavy atom. The fraction of sp³-hybridized carbons (Fsp3) is 0.591. The number of carbonyl (C=O) groups is 1. The summed E-state index contributed by atoms with van der Waals surface area (Å²) >= 11 is 0. The quantitative estimate of drug-likeness (QED) is 0.762. The topological polar surface area (TPSA) is 47.6 Å². The van der Waals surface area contributed by atoms with Gasteiger partial charge in [-0.3, -0.25) is 0 Å². The van der Waals surface area contributed by atoms with Gasteiger partial charge in [-0.25, -0.2) is 4.79 Å². The smallest absolute Gasteiger partial charge is 0.407 e. The Hall–Kier alpha value is -1.81. The SMILES string of the molecule is CCC/C=C/CO[C@H]1CCc2cc([C@H]3CCCOC(=O)NC3)ccc2C1. The van der Waals surface area contributed by atoms with E-state index in [9.17, 15) is 4.79 Å². The van der Waals surface area contributed by atoms with Crippen molar-refractivity contribution in [1.29, 1.82) is 0 Å². The van der Waals surface area contributed by atoms with Crippen LogP contribution >= 0.6 is 0 Å². The highest BCUT2D eigenvalue weighted by Crippen LogP contribution is 2.29. The van der Waals surface area contributed by atoms with Crippen molar-refractivity contribution in [2.75, 3.05) is 19.8 Å². The number of hydrogen-bond acceptors (Lipinski definition) is 3. The highest BCUT2D eigenvalue weighted by molar-refractivity contribution is 5.67. The van der Waals surface area contributed by atoms with Crippen molar-refractivity contribution >= 4 is 6.09 Å². The largest absolute Gasteiger partial charge is 0.450 e. The van der Waals surface area contributed by atoms with Crippen LogP contribution in [0, 0.1) is 0 Å². The molecule has 26 heavy (non-hydrogen) atoms. The van der Waals surface area contributed by atoms with Crippen LogP contribution in [0.5, 0.6) is 0 Å². The second kappa shape index (κ2) is 9.77. The number of unbranched alkanes of at least 4 members (excludes halogenated alkanes) is 1. The summed E-state index contributed by atoms with van der Waals surface area (Å²) in [6, 6.07) is 6.86. The molecule has 1 N–H and O–H groups in total. The van der Waals surface area contributed by atoms with Crippen LogP contribution in [0.3, 0.4) is 0 Å². The maximum Gasteiger partial charge on any atom is 0.407 e. The lowest BCUT2D eigenvalue weighted by Gasteiger charge is -2.27. The summed E-state index contributed by atoms with van der Waals surface area (Å²) in [7, 11) is 0. The molecule has 1 fully saturated rings. The van der Waals surface area contributed by atoms with Gasteiger partial charge in [-0.2, -0.15) is 0 Å². The highest BCUT2D eigenvalue weighted by Gasteiger charge is 2.22. The van der Waals surface area contributed by atoms with Gasteiger partial charge in [0.2, 0.25) is 0 Å². The van der Waals surface area contributed by atoms with Crippen LogP contribution in [0.4, 0.5) is 4.79 Å². The zero-order chi connectivity index (χ0) is 18.2. The number of amides is 1. The normalized spacial score (nSPS) is 23.7. The number of alkyl carbamates (subject to hydrolysis) is 1. The molecule has 4 nitrogen and oxygen atoms in total. The predicted octanol–water partition coefficient (Wildman–Crippen LogP) is 4.52. The van der Waals surface area contributed by atoms with E-state index in [1.807, 2.05) is 0 Å². The van der Waals surface area contributed by atoms with E-state index in [4.69, 9.17) is 9.47 Å². The molecule has 1 aromatic carbocycles. The number of carbonyl (C=O) groups excluding carboxylic acids is 1. The summed E-state index contributed by atoms with van der Waals surface area (Å²) in [5.41, 5.74) is 4.21. The molecule has 0 spiro atoms. The lowest BCUT2D eigenvalue weighted by Crippen LogP contribution is -2.31. The minimum Gasteiger partial charge on any atom is -0.450 e. The van der Waals surface area contributed by atoms with Crippen molar-refractivity contribution in [1.82, 2.24) is 5.32 Å². The summed E-state index contributed by atoms with van der Waals surface area (Å²) in [6.45, 7) is 4.09. The van der Waals surface area contributed by atoms with E-state index in [1.165, 1.54) is 23.1 Å². The van der Waals surface area contributed by atoms with E-state index in [0.717, 1.165) is 45.1 Å². The number of hydrogen-bond donors (Lipinski definition) is 1. The molecule has 0 bridgehead atoms. The van der Waals surface area contributed by atoms with Gasteiger partial charge in [0, 0.05) is 12.5 Å². The van der Waals surface area contributed by atoms with Gasteiger partial charge in [0.05, 0.1) is 19.3 Å². The van der Waals surface area contributed by atoms with E-state index in [-0.39, 0.29) is 6.09 Å². The van der Waals surface area contributed by atoms with E-state index in [0.29, 0.717) is 25.2 Å². The van der Waals surface area contributed by atoms with Gasteiger partial charge in [-0.1, -0.05) is 43.7 Å². The molecule has 0 radical (unpaired) electrons. The fourth-order valence-corrected chi connectivity index (χ4v) is 3.82. The molecule has 4 heteroatoms. The zero-order valence-electron chi connectivity index (χ0n) is 15.8. The Morgan fingerprint density at radius 3 is 3.08 bits per heavy atom. The molecule has 1 saturated heterocycles. The second-order valence-electron chi connectivity index (χ2n) is 7.34. The summed E-state index contributed by atoms with van der Waals surface area (Å²) in [4.78, 5) is 11.5. The molecule has 1 aromatic rings. The number of allylic oxidation sites excluding steroid dienone is 1. The summed E-state index contributed by atoms with van der Waals surface area (Å²) in [6.07, 6.45) is 11.9. The minimum atomic E-state index is -0.291. The molecular weight excluding hydrogens is 326 g/mol. The van der Waals surface area contributed by atoms with Gasteiger partial charge < -0.3 is 14.8 Å². The first-order valence-electron chi connectivity index (χ1n) is 10.0. The number of cyclic esters (lactones) is 1. The maximum absolute atomic E-state index is 11.5. The van der Waals surface area contributed by atoms with Crippen LogP contribution in [0.25, 0.3) is 0 Å². The van der Waals surface area contributed by atoms with Crippen molar-refractivity contribution in [2.24, 2.45) is 0 Å². The van der Waals surface area contributed by atoms with Gasteiger partial charge in [0.25, 0.3) is 0 Å². The van der Waals surface area contributed by atoms with Gasteiger partial charge in [-0.05, 0) is 55.2 Å². The minimum absolute atomic E-state index is 0.291. The Morgan fingerprint density at radius 1 is 1.27 bits per heavy atom. The number of nitrogens with one attached hydrogen (secondary N) is 1. The maximum atomic E-state index is 11.5. The molecule has 142 valence electrons. The van der Waals surface area contributed by atoms with Crippen molar-refractivity contribution < 1.29 is 14.3 Å². The third-order valence-corrected chi connectivity index (χ3v) is 5.36. The Bertz CT molecular complexity index is 626. The van der Waals surface area contributed by atoms with Crippen LogP contribution in [-0.4, -0.2) is 32.0 Å². The molecule has 1 aliphatic heterocycles. The average Bonchev–Trinajstić information content (AvgIpc) is 2.64. The van der Waals surface area contributed by atoms with Crippen molar-refractivity contribution in [3.05, 3.63) is 47.0 Å². The molecule has 0 saturated carbocycles. The Balaban J connectivity index is 1.57. The molecule has 0 aromatic heterocycles. The lowest BCUT2D eigenvalue weighted by atomic mass is 9.85. The fourth-order valence-electron chi connectivity index (χ4n) is 3.82. The van der Waals surface area contributed by atoms with Crippen LogP contribution in [0.2, 0.25) is 0 Å². The summed E-state index contributed by atoms with van der Waals surface area (Å²) in [5, 5.41) is 2.87. The van der Waals surface area contributed by atoms with E-state index < -0.39 is 0 Å². The number of ether oxygens (including phenoxy) is 2. The number of rotatable bonds is 6. The van der Waals surface area contributed by atoms with E-state index in [1.54, 1.807) is 0 Å². The number of benzene rings is 1. The van der Waals surface area contributed by atoms with Gasteiger partial charge in [0.15, 0.2) is 0 Å². The molecule has 1 aliphatic carbocycles. The first kappa shape index (κ1) is 19.0. The standard InChI is InChI=1S/C22H31NO3/c1-2-3-4-5-12-25-21-11-10-17-14-18(8-9-19(17)15-21)20-7-6-13-26-22(24)23-16-20/h4-5,8-9,14,20-21H,2-3,6-7,10-13,15-16H2,1H3,(H,23,24)/b5-4+/t20-,21-/m0/s1. The van der Waals surface area contributed by atoms with Gasteiger partial charge in [0.1, 0.15) is 0 Å². The Labute approximate surface area is 157 Å². The summed E-state index contributed by atoms with van der Waals surface area (Å²) in [5.74, 6) is 0.380. The van der Waals surface area contributed by atoms with Gasteiger partial charge >= 0.3 is 6.09 Å². The summed E-state index contributed by atoms with van der Waals surface area (Å²) < 4.78 is 11.1. The second-order valence-corrected chi connectivity index (χ2v) is 7.34. The molecule has 1 heterocycles. The Kier molecular flexibility index (Phi) is 7.13. The highest BCUT2D eigenvalue weighted by atomic mass is 16.5. The first-order chi connectivity index (χ1) is 12.8. The monoisotopic (exact) mass is 357 g/mol. The molecular formula is C22H31NO3. The van der Waals surface area contributed by atoms with Gasteiger partial charge in [-0.15, -0.1) is 0 Å². The molecule has 2 aliphatic rings. The number of fused-ring (bicyclic) bond motifs is 1. The van der Waals surface area contributed by atoms with Crippen LogP contribution in [0.1, 0.15) is 61.6 Å². The first-order valence-corrected chi connectivity index (χ1v) is 10.0. The number of aryl methyl sites for hydroxylation is 1. The van der Waals surface area contributed by atoms with Crippen molar-refractivity contribution in [2.45, 2.75) is 63.9 Å². The van der Waals surface area contributed by atoms with E-state index in [2.05, 4.69) is 42.6 Å².